The molecule has 0 saturated carbocycles. The van der Waals surface area contributed by atoms with Gasteiger partial charge in [-0.15, -0.1) is 0 Å². The molecule has 0 aliphatic heterocycles. The van der Waals surface area contributed by atoms with E-state index in [1.54, 1.807) is 0 Å². The average Bonchev–Trinajstić information content (AvgIpc) is 2.61. The number of rotatable bonds is 3. The highest BCUT2D eigenvalue weighted by molar-refractivity contribution is 5.82. The van der Waals surface area contributed by atoms with E-state index in [0.717, 1.165) is 11.3 Å². The molecule has 2 rings (SSSR count). The topological polar surface area (TPSA) is 25.2 Å². The highest BCUT2D eigenvalue weighted by Gasteiger charge is 2.18. The maximum atomic E-state index is 5.98. The van der Waals surface area contributed by atoms with Gasteiger partial charge in [0, 0.05) is 5.39 Å². The van der Waals surface area contributed by atoms with Crippen LogP contribution in [-0.2, 0) is 0 Å². The number of benzene rings is 1. The van der Waals surface area contributed by atoms with Crippen molar-refractivity contribution in [1.29, 1.82) is 0 Å². The van der Waals surface area contributed by atoms with Crippen LogP contribution in [0.15, 0.2) is 22.6 Å². The van der Waals surface area contributed by atoms with Gasteiger partial charge in [-0.1, -0.05) is 19.9 Å². The molecule has 1 unspecified atom stereocenters. The van der Waals surface area contributed by atoms with E-state index in [2.05, 4.69) is 51.2 Å². The Morgan fingerprint density at radius 3 is 2.41 bits per heavy atom. The molecule has 17 heavy (non-hydrogen) atoms. The molecule has 2 heteroatoms. The van der Waals surface area contributed by atoms with Crippen LogP contribution >= 0.6 is 0 Å². The Kier molecular flexibility index (Phi) is 3.25. The molecule has 0 aliphatic rings. The molecule has 2 aromatic rings. The number of furan rings is 1. The van der Waals surface area contributed by atoms with Crippen LogP contribution in [0.1, 0.15) is 36.8 Å². The van der Waals surface area contributed by atoms with Crippen LogP contribution in [0, 0.1) is 19.8 Å². The normalized spacial score (nSPS) is 13.5. The van der Waals surface area contributed by atoms with Crippen molar-refractivity contribution < 1.29 is 4.42 Å². The van der Waals surface area contributed by atoms with Crippen molar-refractivity contribution in [3.63, 3.8) is 0 Å². The highest BCUT2D eigenvalue weighted by Crippen LogP contribution is 2.30. The minimum atomic E-state index is 0.280. The van der Waals surface area contributed by atoms with Gasteiger partial charge in [0.1, 0.15) is 11.3 Å². The Hall–Kier alpha value is -1.28. The molecule has 0 saturated heterocycles. The first-order valence-corrected chi connectivity index (χ1v) is 6.21. The first-order chi connectivity index (χ1) is 8.02. The number of hydrogen-bond acceptors (Lipinski definition) is 2. The van der Waals surface area contributed by atoms with E-state index in [9.17, 15) is 0 Å². The van der Waals surface area contributed by atoms with Crippen molar-refractivity contribution in [3.05, 3.63) is 35.1 Å². The standard InChI is InChI=1S/C15H21NO/c1-9(2)15(16-5)14-8-12-11(4)6-10(3)7-13(12)17-14/h6-9,15-16H,1-5H3. The minimum absolute atomic E-state index is 0.280. The smallest absolute Gasteiger partial charge is 0.134 e. The maximum Gasteiger partial charge on any atom is 0.134 e. The van der Waals surface area contributed by atoms with Crippen molar-refractivity contribution in [2.75, 3.05) is 7.05 Å². The third-order valence-electron chi connectivity index (χ3n) is 3.29. The quantitative estimate of drug-likeness (QED) is 0.864. The van der Waals surface area contributed by atoms with E-state index < -0.39 is 0 Å². The fourth-order valence-electron chi connectivity index (χ4n) is 2.47. The van der Waals surface area contributed by atoms with E-state index in [1.807, 2.05) is 7.05 Å². The largest absolute Gasteiger partial charge is 0.459 e. The summed E-state index contributed by atoms with van der Waals surface area (Å²) in [6.07, 6.45) is 0. The van der Waals surface area contributed by atoms with Gasteiger partial charge in [-0.3, -0.25) is 0 Å². The van der Waals surface area contributed by atoms with E-state index in [1.165, 1.54) is 16.5 Å². The summed E-state index contributed by atoms with van der Waals surface area (Å²) in [6, 6.07) is 6.76. The molecule has 1 heterocycles. The molecule has 0 amide bonds. The van der Waals surface area contributed by atoms with Crippen molar-refractivity contribution in [3.8, 4) is 0 Å². The molecular weight excluding hydrogens is 210 g/mol. The van der Waals surface area contributed by atoms with E-state index >= 15 is 0 Å². The second-order valence-electron chi connectivity index (χ2n) is 5.15. The highest BCUT2D eigenvalue weighted by atomic mass is 16.3. The third kappa shape index (κ3) is 2.22. The first kappa shape index (κ1) is 12.2. The Morgan fingerprint density at radius 2 is 1.82 bits per heavy atom. The molecule has 2 nitrogen and oxygen atoms in total. The van der Waals surface area contributed by atoms with Crippen molar-refractivity contribution >= 4 is 11.0 Å². The second-order valence-corrected chi connectivity index (χ2v) is 5.15. The first-order valence-electron chi connectivity index (χ1n) is 6.21. The van der Waals surface area contributed by atoms with Crippen molar-refractivity contribution in [2.24, 2.45) is 5.92 Å². The fourth-order valence-corrected chi connectivity index (χ4v) is 2.47. The zero-order valence-corrected chi connectivity index (χ0v) is 11.3. The Labute approximate surface area is 103 Å². The van der Waals surface area contributed by atoms with Gasteiger partial charge in [-0.25, -0.2) is 0 Å². The summed E-state index contributed by atoms with van der Waals surface area (Å²) in [5.41, 5.74) is 3.54. The lowest BCUT2D eigenvalue weighted by molar-refractivity contribution is 0.371. The molecule has 0 aliphatic carbocycles. The zero-order chi connectivity index (χ0) is 12.6. The third-order valence-corrected chi connectivity index (χ3v) is 3.29. The molecule has 1 atom stereocenters. The summed E-state index contributed by atoms with van der Waals surface area (Å²) in [5.74, 6) is 1.55. The number of aryl methyl sites for hydroxylation is 2. The van der Waals surface area contributed by atoms with Gasteiger partial charge in [-0.2, -0.15) is 0 Å². The second kappa shape index (κ2) is 4.53. The van der Waals surface area contributed by atoms with Crippen LogP contribution in [-0.4, -0.2) is 7.05 Å². The summed E-state index contributed by atoms with van der Waals surface area (Å²) in [5, 5.41) is 4.55. The SMILES string of the molecule is CNC(c1cc2c(C)cc(C)cc2o1)C(C)C. The fraction of sp³-hybridized carbons (Fsp3) is 0.467. The predicted molar refractivity (Wildman–Crippen MR) is 72.3 cm³/mol. The summed E-state index contributed by atoms with van der Waals surface area (Å²) in [7, 11) is 1.98. The molecule has 1 N–H and O–H groups in total. The van der Waals surface area contributed by atoms with E-state index in [4.69, 9.17) is 4.42 Å². The Morgan fingerprint density at radius 1 is 1.12 bits per heavy atom. The van der Waals surface area contributed by atoms with Crippen LogP contribution in [0.2, 0.25) is 0 Å². The molecular formula is C15H21NO. The summed E-state index contributed by atoms with van der Waals surface area (Å²) >= 11 is 0. The summed E-state index contributed by atoms with van der Waals surface area (Å²) in [6.45, 7) is 8.64. The van der Waals surface area contributed by atoms with Crippen LogP contribution in [0.3, 0.4) is 0 Å². The summed E-state index contributed by atoms with van der Waals surface area (Å²) < 4.78 is 5.98. The van der Waals surface area contributed by atoms with Crippen LogP contribution in [0.25, 0.3) is 11.0 Å². The zero-order valence-electron chi connectivity index (χ0n) is 11.3. The van der Waals surface area contributed by atoms with Gasteiger partial charge >= 0.3 is 0 Å². The van der Waals surface area contributed by atoms with Crippen LogP contribution in [0.5, 0.6) is 0 Å². The average molecular weight is 231 g/mol. The molecule has 0 bridgehead atoms. The van der Waals surface area contributed by atoms with Gasteiger partial charge in [0.15, 0.2) is 0 Å². The van der Waals surface area contributed by atoms with Gasteiger partial charge in [-0.05, 0) is 50.1 Å². The van der Waals surface area contributed by atoms with Crippen molar-refractivity contribution in [1.82, 2.24) is 5.32 Å². The molecule has 0 fully saturated rings. The number of fused-ring (bicyclic) bond motifs is 1. The monoisotopic (exact) mass is 231 g/mol. The number of hydrogen-bond donors (Lipinski definition) is 1. The lowest BCUT2D eigenvalue weighted by Gasteiger charge is -2.17. The Bertz CT molecular complexity index is 525. The van der Waals surface area contributed by atoms with Gasteiger partial charge in [0.25, 0.3) is 0 Å². The molecule has 92 valence electrons. The predicted octanol–water partition coefficient (Wildman–Crippen LogP) is 3.97. The van der Waals surface area contributed by atoms with Gasteiger partial charge in [0.2, 0.25) is 0 Å². The summed E-state index contributed by atoms with van der Waals surface area (Å²) in [4.78, 5) is 0. The van der Waals surface area contributed by atoms with Gasteiger partial charge < -0.3 is 9.73 Å². The van der Waals surface area contributed by atoms with Gasteiger partial charge in [0.05, 0.1) is 6.04 Å². The van der Waals surface area contributed by atoms with E-state index in [-0.39, 0.29) is 6.04 Å². The van der Waals surface area contributed by atoms with Crippen LogP contribution in [0.4, 0.5) is 0 Å². The van der Waals surface area contributed by atoms with Crippen molar-refractivity contribution in [2.45, 2.75) is 33.7 Å². The molecule has 1 aromatic carbocycles. The molecule has 1 aromatic heterocycles. The Balaban J connectivity index is 2.54. The lowest BCUT2D eigenvalue weighted by Crippen LogP contribution is -2.20. The lowest BCUT2D eigenvalue weighted by atomic mass is 10.0. The maximum absolute atomic E-state index is 5.98. The number of nitrogens with one attached hydrogen (secondary N) is 1. The van der Waals surface area contributed by atoms with Crippen LogP contribution < -0.4 is 5.32 Å². The molecule has 0 radical (unpaired) electrons. The van der Waals surface area contributed by atoms with E-state index in [0.29, 0.717) is 5.92 Å². The minimum Gasteiger partial charge on any atom is -0.459 e. The molecule has 0 spiro atoms.